The molecular weight excluding hydrogens is 413 g/mol. The average molecular weight is 448 g/mol. The van der Waals surface area contributed by atoms with Crippen LogP contribution in [0.15, 0.2) is 71.7 Å². The first-order valence-corrected chi connectivity index (χ1v) is 12.1. The molecule has 1 aliphatic carbocycles. The lowest BCUT2D eigenvalue weighted by Gasteiger charge is -2.40. The molecule has 0 aromatic heterocycles. The third-order valence-corrected chi connectivity index (χ3v) is 7.09. The molecule has 174 valence electrons. The van der Waals surface area contributed by atoms with Crippen molar-refractivity contribution in [2.75, 3.05) is 13.2 Å². The van der Waals surface area contributed by atoms with Gasteiger partial charge in [0.15, 0.2) is 0 Å². The number of benzene rings is 1. The number of hydrogen-bond donors (Lipinski definition) is 0. The quantitative estimate of drug-likeness (QED) is 0.467. The highest BCUT2D eigenvalue weighted by atomic mass is 19.1. The molecule has 0 amide bonds. The van der Waals surface area contributed by atoms with Crippen LogP contribution in [0.3, 0.4) is 0 Å². The van der Waals surface area contributed by atoms with Crippen LogP contribution in [0.2, 0.25) is 0 Å². The number of hydrogen-bond acceptors (Lipinski definition) is 3. The van der Waals surface area contributed by atoms with Gasteiger partial charge >= 0.3 is 0 Å². The maximum Gasteiger partial charge on any atom is 0.146 e. The number of nitrogens with zero attached hydrogens (tertiary/aromatic N) is 1. The standard InChI is InChI=1S/C29H34FNO2/c1-20(2)24-8-7-22(15-27(16-24)25-5-4-6-28(30)17-25)14-23-9-11-31(21(3)13-23)29(18-32)26-10-12-33-19-26/h4-6,8,10,12,15-17,20-21,23,26H,7,9,11,13-14,19H2,1-3H3/t21-,23?,26?/m1/s1. The topological polar surface area (TPSA) is 29.5 Å². The summed E-state index contributed by atoms with van der Waals surface area (Å²) in [7, 11) is 0. The van der Waals surface area contributed by atoms with Crippen LogP contribution < -0.4 is 0 Å². The van der Waals surface area contributed by atoms with E-state index in [1.54, 1.807) is 18.4 Å². The van der Waals surface area contributed by atoms with Crippen LogP contribution in [0.4, 0.5) is 4.39 Å². The molecule has 3 aliphatic rings. The van der Waals surface area contributed by atoms with Gasteiger partial charge in [0.2, 0.25) is 0 Å². The maximum absolute atomic E-state index is 13.9. The summed E-state index contributed by atoms with van der Waals surface area (Å²) < 4.78 is 19.3. The van der Waals surface area contributed by atoms with Gasteiger partial charge in [-0.1, -0.05) is 49.8 Å². The number of ether oxygens (including phenoxy) is 1. The van der Waals surface area contributed by atoms with E-state index in [1.807, 2.05) is 12.1 Å². The predicted molar refractivity (Wildman–Crippen MR) is 131 cm³/mol. The first-order valence-electron chi connectivity index (χ1n) is 12.1. The molecule has 33 heavy (non-hydrogen) atoms. The minimum absolute atomic E-state index is 0.0182. The number of allylic oxidation sites excluding steroid dienone is 6. The molecular formula is C29H34FNO2. The first-order chi connectivity index (χ1) is 15.9. The Morgan fingerprint density at radius 1 is 1.30 bits per heavy atom. The van der Waals surface area contributed by atoms with E-state index < -0.39 is 0 Å². The third kappa shape index (κ3) is 5.57. The van der Waals surface area contributed by atoms with E-state index in [-0.39, 0.29) is 11.7 Å². The molecule has 4 heteroatoms. The van der Waals surface area contributed by atoms with Gasteiger partial charge in [-0.3, -0.25) is 0 Å². The number of piperidine rings is 1. The van der Waals surface area contributed by atoms with Gasteiger partial charge in [0, 0.05) is 12.6 Å². The van der Waals surface area contributed by atoms with Crippen LogP contribution in [0, 0.1) is 23.6 Å². The molecule has 1 aromatic carbocycles. The van der Waals surface area contributed by atoms with Crippen molar-refractivity contribution in [2.45, 2.75) is 52.5 Å². The number of halogens is 1. The molecule has 2 aliphatic heterocycles. The molecule has 1 fully saturated rings. The second-order valence-electron chi connectivity index (χ2n) is 9.87. The van der Waals surface area contributed by atoms with Crippen molar-refractivity contribution in [2.24, 2.45) is 17.8 Å². The molecule has 0 saturated carbocycles. The zero-order valence-electron chi connectivity index (χ0n) is 19.9. The Labute approximate surface area is 197 Å². The van der Waals surface area contributed by atoms with Crippen molar-refractivity contribution >= 4 is 11.5 Å². The van der Waals surface area contributed by atoms with E-state index in [2.05, 4.69) is 49.8 Å². The highest BCUT2D eigenvalue weighted by molar-refractivity contribution is 5.77. The van der Waals surface area contributed by atoms with E-state index in [1.165, 1.54) is 17.2 Å². The van der Waals surface area contributed by atoms with E-state index in [0.29, 0.717) is 24.5 Å². The Morgan fingerprint density at radius 3 is 2.82 bits per heavy atom. The Morgan fingerprint density at radius 2 is 2.15 bits per heavy atom. The fourth-order valence-electron chi connectivity index (χ4n) is 5.25. The second kappa shape index (κ2) is 10.4. The predicted octanol–water partition coefficient (Wildman–Crippen LogP) is 6.49. The number of rotatable bonds is 6. The first kappa shape index (κ1) is 23.3. The van der Waals surface area contributed by atoms with E-state index in [9.17, 15) is 9.18 Å². The minimum Gasteiger partial charge on any atom is -0.500 e. The van der Waals surface area contributed by atoms with Gasteiger partial charge < -0.3 is 9.64 Å². The third-order valence-electron chi connectivity index (χ3n) is 7.09. The molecule has 3 nitrogen and oxygen atoms in total. The van der Waals surface area contributed by atoms with Gasteiger partial charge in [-0.25, -0.2) is 9.18 Å². The molecule has 2 unspecified atom stereocenters. The lowest BCUT2D eigenvalue weighted by molar-refractivity contribution is 0.143. The molecule has 1 saturated heterocycles. The summed E-state index contributed by atoms with van der Waals surface area (Å²) in [4.78, 5) is 13.9. The molecule has 2 heterocycles. The number of carbonyl (C=O) groups excluding carboxylic acids is 1. The maximum atomic E-state index is 13.9. The molecule has 0 bridgehead atoms. The van der Waals surface area contributed by atoms with Crippen LogP contribution in [0.5, 0.6) is 0 Å². The van der Waals surface area contributed by atoms with Gasteiger partial charge in [-0.15, -0.1) is 0 Å². The highest BCUT2D eigenvalue weighted by Crippen LogP contribution is 2.36. The Hall–Kier alpha value is -2.84. The van der Waals surface area contributed by atoms with Gasteiger partial charge in [0.05, 0.1) is 18.8 Å². The highest BCUT2D eigenvalue weighted by Gasteiger charge is 2.31. The normalized spacial score (nSPS) is 25.1. The van der Waals surface area contributed by atoms with E-state index in [4.69, 9.17) is 4.74 Å². The van der Waals surface area contributed by atoms with E-state index >= 15 is 0 Å². The van der Waals surface area contributed by atoms with Crippen molar-refractivity contribution in [3.63, 3.8) is 0 Å². The zero-order chi connectivity index (χ0) is 23.4. The SMILES string of the molecule is CC(C)C1=CCC(CC2CCN(C(=C=O)C3C=COC3)[C@H](C)C2)=CC(c2cccc(F)c2)=C1. The van der Waals surface area contributed by atoms with Gasteiger partial charge in [0.1, 0.15) is 17.5 Å². The second-order valence-corrected chi connectivity index (χ2v) is 9.87. The van der Waals surface area contributed by atoms with Crippen molar-refractivity contribution in [1.82, 2.24) is 4.90 Å². The lowest BCUT2D eigenvalue weighted by Crippen LogP contribution is -2.42. The Balaban J connectivity index is 1.48. The van der Waals surface area contributed by atoms with Gasteiger partial charge in [-0.05, 0) is 79.4 Å². The van der Waals surface area contributed by atoms with Gasteiger partial charge in [-0.2, -0.15) is 0 Å². The minimum atomic E-state index is -0.203. The van der Waals surface area contributed by atoms with Crippen molar-refractivity contribution in [1.29, 1.82) is 0 Å². The van der Waals surface area contributed by atoms with Crippen molar-refractivity contribution in [3.05, 3.63) is 83.1 Å². The molecule has 0 radical (unpaired) electrons. The summed E-state index contributed by atoms with van der Waals surface area (Å²) in [6, 6.07) is 7.18. The van der Waals surface area contributed by atoms with Crippen LogP contribution >= 0.6 is 0 Å². The lowest BCUT2D eigenvalue weighted by atomic mass is 9.84. The molecule has 0 spiro atoms. The van der Waals surface area contributed by atoms with E-state index in [0.717, 1.165) is 49.1 Å². The van der Waals surface area contributed by atoms with Crippen LogP contribution in [-0.4, -0.2) is 30.0 Å². The fourth-order valence-corrected chi connectivity index (χ4v) is 5.25. The zero-order valence-corrected chi connectivity index (χ0v) is 19.9. The van der Waals surface area contributed by atoms with Crippen molar-refractivity contribution in [3.8, 4) is 0 Å². The van der Waals surface area contributed by atoms with Gasteiger partial charge in [0.25, 0.3) is 0 Å². The fraction of sp³-hybridized carbons (Fsp3) is 0.448. The summed E-state index contributed by atoms with van der Waals surface area (Å²) in [5.41, 5.74) is 5.44. The summed E-state index contributed by atoms with van der Waals surface area (Å²) in [5.74, 6) is 3.00. The summed E-state index contributed by atoms with van der Waals surface area (Å²) in [6.07, 6.45) is 14.5. The molecule has 1 aromatic rings. The van der Waals surface area contributed by atoms with Crippen LogP contribution in [-0.2, 0) is 9.53 Å². The smallest absolute Gasteiger partial charge is 0.146 e. The molecule has 0 N–H and O–H groups in total. The summed E-state index contributed by atoms with van der Waals surface area (Å²) in [5, 5.41) is 0. The summed E-state index contributed by atoms with van der Waals surface area (Å²) >= 11 is 0. The Kier molecular flexibility index (Phi) is 7.35. The monoisotopic (exact) mass is 447 g/mol. The van der Waals surface area contributed by atoms with Crippen LogP contribution in [0.25, 0.3) is 5.57 Å². The number of likely N-dealkylation sites (tertiary alicyclic amines) is 1. The van der Waals surface area contributed by atoms with Crippen molar-refractivity contribution < 1.29 is 13.9 Å². The van der Waals surface area contributed by atoms with Crippen LogP contribution in [0.1, 0.15) is 52.0 Å². The molecule has 4 rings (SSSR count). The summed E-state index contributed by atoms with van der Waals surface area (Å²) in [6.45, 7) is 8.02. The largest absolute Gasteiger partial charge is 0.500 e. The average Bonchev–Trinajstić information content (AvgIpc) is 3.23. The Bertz CT molecular complexity index is 1040. The molecule has 3 atom stereocenters.